The van der Waals surface area contributed by atoms with Gasteiger partial charge in [-0.05, 0) is 43.5 Å². The molecule has 1 atom stereocenters. The van der Waals surface area contributed by atoms with E-state index < -0.39 is 0 Å². The maximum atomic E-state index is 5.86. The SMILES string of the molecule is CCOc1ccc(N(C)C(CN)C(C)C)cc1C. The normalized spacial score (nSPS) is 12.6. The third-order valence-corrected chi connectivity index (χ3v) is 3.37. The highest BCUT2D eigenvalue weighted by Crippen LogP contribution is 2.26. The van der Waals surface area contributed by atoms with Gasteiger partial charge in [-0.25, -0.2) is 0 Å². The number of ether oxygens (including phenoxy) is 1. The topological polar surface area (TPSA) is 38.5 Å². The van der Waals surface area contributed by atoms with E-state index in [4.69, 9.17) is 10.5 Å². The molecule has 1 aromatic rings. The van der Waals surface area contributed by atoms with Gasteiger partial charge in [-0.15, -0.1) is 0 Å². The molecule has 1 unspecified atom stereocenters. The predicted molar refractivity (Wildman–Crippen MR) is 78.4 cm³/mol. The number of nitrogens with two attached hydrogens (primary N) is 1. The van der Waals surface area contributed by atoms with E-state index >= 15 is 0 Å². The van der Waals surface area contributed by atoms with Crippen molar-refractivity contribution < 1.29 is 4.74 Å². The minimum absolute atomic E-state index is 0.363. The monoisotopic (exact) mass is 250 g/mol. The Morgan fingerprint density at radius 2 is 2.00 bits per heavy atom. The van der Waals surface area contributed by atoms with E-state index in [0.29, 0.717) is 25.1 Å². The van der Waals surface area contributed by atoms with Crippen molar-refractivity contribution in [2.24, 2.45) is 11.7 Å². The van der Waals surface area contributed by atoms with Crippen molar-refractivity contribution in [2.75, 3.05) is 25.1 Å². The van der Waals surface area contributed by atoms with Gasteiger partial charge in [0, 0.05) is 25.3 Å². The number of rotatable bonds is 6. The van der Waals surface area contributed by atoms with Crippen LogP contribution in [0.4, 0.5) is 5.69 Å². The second-order valence-electron chi connectivity index (χ2n) is 5.04. The number of hydrogen-bond donors (Lipinski definition) is 1. The number of aryl methyl sites for hydroxylation is 1. The molecule has 0 aliphatic rings. The van der Waals surface area contributed by atoms with Crippen LogP contribution in [0.2, 0.25) is 0 Å². The summed E-state index contributed by atoms with van der Waals surface area (Å²) in [7, 11) is 2.10. The summed E-state index contributed by atoms with van der Waals surface area (Å²) in [6.07, 6.45) is 0. The fraction of sp³-hybridized carbons (Fsp3) is 0.600. The average molecular weight is 250 g/mol. The number of hydrogen-bond acceptors (Lipinski definition) is 3. The lowest BCUT2D eigenvalue weighted by atomic mass is 10.0. The van der Waals surface area contributed by atoms with E-state index in [0.717, 1.165) is 5.75 Å². The maximum absolute atomic E-state index is 5.86. The third-order valence-electron chi connectivity index (χ3n) is 3.37. The molecular weight excluding hydrogens is 224 g/mol. The van der Waals surface area contributed by atoms with Gasteiger partial charge in [0.1, 0.15) is 5.75 Å². The number of benzene rings is 1. The Morgan fingerprint density at radius 1 is 1.33 bits per heavy atom. The molecular formula is C15H26N2O. The number of likely N-dealkylation sites (N-methyl/N-ethyl adjacent to an activating group) is 1. The highest BCUT2D eigenvalue weighted by Gasteiger charge is 2.17. The molecule has 18 heavy (non-hydrogen) atoms. The molecule has 0 heterocycles. The minimum Gasteiger partial charge on any atom is -0.494 e. The summed E-state index contributed by atoms with van der Waals surface area (Å²) in [6.45, 7) is 9.86. The molecule has 0 saturated carbocycles. The second-order valence-corrected chi connectivity index (χ2v) is 5.04. The quantitative estimate of drug-likeness (QED) is 0.843. The standard InChI is InChI=1S/C15H26N2O/c1-6-18-15-8-7-13(9-12(15)4)17(5)14(10-16)11(2)3/h7-9,11,14H,6,10,16H2,1-5H3. The average Bonchev–Trinajstić information content (AvgIpc) is 2.32. The first-order valence-electron chi connectivity index (χ1n) is 6.67. The van der Waals surface area contributed by atoms with Gasteiger partial charge in [-0.1, -0.05) is 13.8 Å². The molecule has 1 aromatic carbocycles. The molecule has 0 amide bonds. The highest BCUT2D eigenvalue weighted by molar-refractivity contribution is 5.53. The van der Waals surface area contributed by atoms with Crippen molar-refractivity contribution in [3.05, 3.63) is 23.8 Å². The van der Waals surface area contributed by atoms with Crippen LogP contribution in [-0.4, -0.2) is 26.2 Å². The molecule has 0 radical (unpaired) electrons. The lowest BCUT2D eigenvalue weighted by molar-refractivity contribution is 0.338. The number of nitrogens with zero attached hydrogens (tertiary/aromatic N) is 1. The highest BCUT2D eigenvalue weighted by atomic mass is 16.5. The molecule has 1 rings (SSSR count). The Hall–Kier alpha value is -1.22. The molecule has 0 aliphatic heterocycles. The van der Waals surface area contributed by atoms with Gasteiger partial charge in [-0.3, -0.25) is 0 Å². The zero-order chi connectivity index (χ0) is 13.7. The van der Waals surface area contributed by atoms with Crippen molar-refractivity contribution in [1.82, 2.24) is 0 Å². The van der Waals surface area contributed by atoms with Crippen molar-refractivity contribution in [1.29, 1.82) is 0 Å². The first-order chi connectivity index (χ1) is 8.51. The van der Waals surface area contributed by atoms with Crippen LogP contribution < -0.4 is 15.4 Å². The summed E-state index contributed by atoms with van der Waals surface area (Å²) in [5.41, 5.74) is 8.22. The molecule has 0 fully saturated rings. The van der Waals surface area contributed by atoms with Gasteiger partial charge in [-0.2, -0.15) is 0 Å². The molecule has 3 nitrogen and oxygen atoms in total. The Kier molecular flexibility index (Phi) is 5.48. The van der Waals surface area contributed by atoms with Gasteiger partial charge < -0.3 is 15.4 Å². The molecule has 2 N–H and O–H groups in total. The molecule has 0 spiro atoms. The van der Waals surface area contributed by atoms with Crippen LogP contribution in [0.1, 0.15) is 26.3 Å². The molecule has 3 heteroatoms. The van der Waals surface area contributed by atoms with Crippen LogP contribution >= 0.6 is 0 Å². The summed E-state index contributed by atoms with van der Waals surface area (Å²) in [6, 6.07) is 6.67. The van der Waals surface area contributed by atoms with Crippen LogP contribution in [0.25, 0.3) is 0 Å². The van der Waals surface area contributed by atoms with Crippen molar-refractivity contribution in [3.8, 4) is 5.75 Å². The molecule has 0 bridgehead atoms. The lowest BCUT2D eigenvalue weighted by Gasteiger charge is -2.32. The Morgan fingerprint density at radius 3 is 2.44 bits per heavy atom. The first kappa shape index (κ1) is 14.8. The van der Waals surface area contributed by atoms with Crippen molar-refractivity contribution >= 4 is 5.69 Å². The van der Waals surface area contributed by atoms with Crippen LogP contribution in [0.3, 0.4) is 0 Å². The van der Waals surface area contributed by atoms with E-state index in [1.807, 2.05) is 13.0 Å². The Bertz CT molecular complexity index is 377. The summed E-state index contributed by atoms with van der Waals surface area (Å²) < 4.78 is 5.56. The van der Waals surface area contributed by atoms with Crippen LogP contribution in [0.15, 0.2) is 18.2 Å². The summed E-state index contributed by atoms with van der Waals surface area (Å²) in [5, 5.41) is 0. The van der Waals surface area contributed by atoms with Crippen molar-refractivity contribution in [2.45, 2.75) is 33.7 Å². The summed E-state index contributed by atoms with van der Waals surface area (Å²) >= 11 is 0. The van der Waals surface area contributed by atoms with Gasteiger partial charge in [0.05, 0.1) is 6.61 Å². The zero-order valence-corrected chi connectivity index (χ0v) is 12.2. The number of anilines is 1. The molecule has 0 aromatic heterocycles. The summed E-state index contributed by atoms with van der Waals surface area (Å²) in [4.78, 5) is 2.26. The van der Waals surface area contributed by atoms with Gasteiger partial charge >= 0.3 is 0 Å². The Labute approximate surface area is 111 Å². The predicted octanol–water partition coefficient (Wildman–Crippen LogP) is 2.81. The lowest BCUT2D eigenvalue weighted by Crippen LogP contribution is -2.41. The van der Waals surface area contributed by atoms with Crippen molar-refractivity contribution in [3.63, 3.8) is 0 Å². The van der Waals surface area contributed by atoms with Crippen LogP contribution in [0, 0.1) is 12.8 Å². The largest absolute Gasteiger partial charge is 0.494 e. The van der Waals surface area contributed by atoms with E-state index in [9.17, 15) is 0 Å². The van der Waals surface area contributed by atoms with Gasteiger partial charge in [0.25, 0.3) is 0 Å². The van der Waals surface area contributed by atoms with E-state index in [-0.39, 0.29) is 0 Å². The second kappa shape index (κ2) is 6.64. The fourth-order valence-electron chi connectivity index (χ4n) is 2.24. The van der Waals surface area contributed by atoms with Gasteiger partial charge in [0.2, 0.25) is 0 Å². The smallest absolute Gasteiger partial charge is 0.122 e. The van der Waals surface area contributed by atoms with E-state index in [2.05, 4.69) is 44.9 Å². The third kappa shape index (κ3) is 3.39. The molecule has 0 saturated heterocycles. The van der Waals surface area contributed by atoms with E-state index in [1.165, 1.54) is 11.3 Å². The molecule has 102 valence electrons. The fourth-order valence-corrected chi connectivity index (χ4v) is 2.24. The van der Waals surface area contributed by atoms with Gasteiger partial charge in [0.15, 0.2) is 0 Å². The van der Waals surface area contributed by atoms with Crippen LogP contribution in [0.5, 0.6) is 5.75 Å². The van der Waals surface area contributed by atoms with E-state index in [1.54, 1.807) is 0 Å². The maximum Gasteiger partial charge on any atom is 0.122 e. The molecule has 0 aliphatic carbocycles. The summed E-state index contributed by atoms with van der Waals surface area (Å²) in [5.74, 6) is 1.50. The Balaban J connectivity index is 2.92. The first-order valence-corrected chi connectivity index (χ1v) is 6.67. The minimum atomic E-state index is 0.363. The zero-order valence-electron chi connectivity index (χ0n) is 12.2. The van der Waals surface area contributed by atoms with Crippen LogP contribution in [-0.2, 0) is 0 Å².